The predicted molar refractivity (Wildman–Crippen MR) is 78.0 cm³/mol. The zero-order valence-corrected chi connectivity index (χ0v) is 11.5. The molecule has 2 aromatic rings. The van der Waals surface area contributed by atoms with Crippen molar-refractivity contribution in [3.8, 4) is 16.2 Å². The lowest BCUT2D eigenvalue weighted by atomic mass is 10.1. The molecule has 0 aliphatic rings. The summed E-state index contributed by atoms with van der Waals surface area (Å²) in [7, 11) is 1.56. The van der Waals surface area contributed by atoms with E-state index in [0.29, 0.717) is 10.8 Å². The third-order valence-electron chi connectivity index (χ3n) is 2.61. The van der Waals surface area contributed by atoms with Crippen molar-refractivity contribution in [2.75, 3.05) is 12.4 Å². The van der Waals surface area contributed by atoms with Crippen molar-refractivity contribution < 1.29 is 14.3 Å². The Morgan fingerprint density at radius 3 is 2.55 bits per heavy atom. The van der Waals surface area contributed by atoms with E-state index in [1.54, 1.807) is 19.2 Å². The van der Waals surface area contributed by atoms with Crippen LogP contribution in [0.25, 0.3) is 10.4 Å². The summed E-state index contributed by atoms with van der Waals surface area (Å²) in [6.07, 6.45) is 0. The van der Waals surface area contributed by atoms with Gasteiger partial charge in [0.05, 0.1) is 12.7 Å². The number of urea groups is 1. The molecule has 0 bridgehead atoms. The number of benzene rings is 1. The smallest absolute Gasteiger partial charge is 0.317 e. The Morgan fingerprint density at radius 2 is 1.95 bits per heavy atom. The molecular formula is C13H13N3O3S. The number of carbonyl (C=O) groups excluding carboxylic acids is 2. The first kappa shape index (κ1) is 13.9. The number of carbonyl (C=O) groups is 2. The van der Waals surface area contributed by atoms with E-state index < -0.39 is 11.9 Å². The summed E-state index contributed by atoms with van der Waals surface area (Å²) in [4.78, 5) is 23.1. The maximum atomic E-state index is 11.4. The average Bonchev–Trinajstić information content (AvgIpc) is 2.81. The summed E-state index contributed by atoms with van der Waals surface area (Å²) in [6.45, 7) is 0. The van der Waals surface area contributed by atoms with E-state index in [9.17, 15) is 9.59 Å². The normalized spacial score (nSPS) is 10.1. The quantitative estimate of drug-likeness (QED) is 0.801. The van der Waals surface area contributed by atoms with Gasteiger partial charge >= 0.3 is 6.03 Å². The van der Waals surface area contributed by atoms with Gasteiger partial charge in [0.15, 0.2) is 0 Å². The Balaban J connectivity index is 2.52. The molecule has 0 spiro atoms. The van der Waals surface area contributed by atoms with Crippen LogP contribution in [0.1, 0.15) is 10.4 Å². The number of thiophene rings is 1. The second-order valence-electron chi connectivity index (χ2n) is 3.91. The van der Waals surface area contributed by atoms with Crippen LogP contribution < -0.4 is 21.5 Å². The highest BCUT2D eigenvalue weighted by molar-refractivity contribution is 7.20. The first-order valence-electron chi connectivity index (χ1n) is 5.66. The molecule has 0 aliphatic heterocycles. The zero-order chi connectivity index (χ0) is 14.7. The van der Waals surface area contributed by atoms with Gasteiger partial charge in [0.1, 0.15) is 10.8 Å². The van der Waals surface area contributed by atoms with E-state index in [-0.39, 0.29) is 5.56 Å². The van der Waals surface area contributed by atoms with E-state index >= 15 is 0 Å². The summed E-state index contributed by atoms with van der Waals surface area (Å²) in [5, 5.41) is 2.72. The highest BCUT2D eigenvalue weighted by atomic mass is 32.1. The van der Waals surface area contributed by atoms with Crippen molar-refractivity contribution in [3.05, 3.63) is 35.9 Å². The van der Waals surface area contributed by atoms with Gasteiger partial charge in [-0.3, -0.25) is 10.1 Å². The lowest BCUT2D eigenvalue weighted by molar-refractivity contribution is 0.100. The summed E-state index contributed by atoms with van der Waals surface area (Å²) in [5.74, 6) is 0.0292. The van der Waals surface area contributed by atoms with Crippen LogP contribution in [0.2, 0.25) is 0 Å². The summed E-state index contributed by atoms with van der Waals surface area (Å²) in [6, 6.07) is 8.21. The largest absolute Gasteiger partial charge is 0.496 e. The molecule has 1 heterocycles. The first-order valence-corrected chi connectivity index (χ1v) is 6.48. The molecule has 0 unspecified atom stereocenters. The summed E-state index contributed by atoms with van der Waals surface area (Å²) in [5.41, 5.74) is 11.4. The van der Waals surface area contributed by atoms with Crippen LogP contribution >= 0.6 is 11.3 Å². The fourth-order valence-corrected chi connectivity index (χ4v) is 2.86. The molecule has 0 radical (unpaired) electrons. The van der Waals surface area contributed by atoms with E-state index in [4.69, 9.17) is 16.2 Å². The van der Waals surface area contributed by atoms with E-state index in [2.05, 4.69) is 5.32 Å². The van der Waals surface area contributed by atoms with Gasteiger partial charge in [0, 0.05) is 10.4 Å². The number of primary amides is 2. The zero-order valence-electron chi connectivity index (χ0n) is 10.7. The molecule has 0 saturated carbocycles. The first-order chi connectivity index (χ1) is 9.52. The van der Waals surface area contributed by atoms with Crippen molar-refractivity contribution in [1.29, 1.82) is 0 Å². The number of hydrogen-bond donors (Lipinski definition) is 3. The van der Waals surface area contributed by atoms with Gasteiger partial charge in [-0.05, 0) is 18.2 Å². The molecule has 7 heteroatoms. The molecule has 104 valence electrons. The highest BCUT2D eigenvalue weighted by Gasteiger charge is 2.17. The van der Waals surface area contributed by atoms with Crippen molar-refractivity contribution in [1.82, 2.24) is 0 Å². The molecule has 0 atom stereocenters. The Morgan fingerprint density at radius 1 is 1.25 bits per heavy atom. The Bertz CT molecular complexity index is 667. The lowest BCUT2D eigenvalue weighted by Crippen LogP contribution is -2.21. The molecule has 6 nitrogen and oxygen atoms in total. The molecule has 5 N–H and O–H groups in total. The van der Waals surface area contributed by atoms with Crippen LogP contribution in [0.5, 0.6) is 5.75 Å². The minimum atomic E-state index is -0.749. The van der Waals surface area contributed by atoms with Gasteiger partial charge in [-0.15, -0.1) is 11.3 Å². The van der Waals surface area contributed by atoms with Gasteiger partial charge in [-0.2, -0.15) is 0 Å². The third kappa shape index (κ3) is 2.72. The number of para-hydroxylation sites is 1. The van der Waals surface area contributed by atoms with Crippen LogP contribution in [-0.2, 0) is 0 Å². The number of anilines is 1. The van der Waals surface area contributed by atoms with Gasteiger partial charge in [0.2, 0.25) is 0 Å². The van der Waals surface area contributed by atoms with Gasteiger partial charge in [-0.25, -0.2) is 4.79 Å². The predicted octanol–water partition coefficient (Wildman–Crippen LogP) is 2.01. The number of nitrogens with one attached hydrogen (secondary N) is 1. The van der Waals surface area contributed by atoms with Crippen molar-refractivity contribution in [2.24, 2.45) is 11.5 Å². The number of hydrogen-bond acceptors (Lipinski definition) is 4. The second-order valence-corrected chi connectivity index (χ2v) is 4.96. The molecule has 1 aromatic carbocycles. The molecular weight excluding hydrogens is 278 g/mol. The molecule has 20 heavy (non-hydrogen) atoms. The minimum Gasteiger partial charge on any atom is -0.496 e. The molecule has 2 rings (SSSR count). The van der Waals surface area contributed by atoms with Crippen LogP contribution in [0.4, 0.5) is 9.80 Å². The van der Waals surface area contributed by atoms with Gasteiger partial charge in [-0.1, -0.05) is 12.1 Å². The SMILES string of the molecule is COc1ccccc1-c1cc(C(N)=O)c(NC(N)=O)s1. The van der Waals surface area contributed by atoms with Gasteiger partial charge < -0.3 is 16.2 Å². The summed E-state index contributed by atoms with van der Waals surface area (Å²) < 4.78 is 5.27. The fraction of sp³-hybridized carbons (Fsp3) is 0.0769. The Kier molecular flexibility index (Phi) is 3.90. The number of amides is 3. The van der Waals surface area contributed by atoms with E-state index in [1.165, 1.54) is 11.3 Å². The summed E-state index contributed by atoms with van der Waals surface area (Å²) >= 11 is 1.21. The molecule has 0 saturated heterocycles. The van der Waals surface area contributed by atoms with Crippen LogP contribution in [0, 0.1) is 0 Å². The van der Waals surface area contributed by atoms with Crippen molar-refractivity contribution in [3.63, 3.8) is 0 Å². The molecule has 3 amide bonds. The molecule has 0 aliphatic carbocycles. The Hall–Kier alpha value is -2.54. The standard InChI is InChI=1S/C13H13N3O3S/c1-19-9-5-3-2-4-7(9)10-6-8(11(14)17)12(20-10)16-13(15)18/h2-6H,1H3,(H2,14,17)(H3,15,16,18). The third-order valence-corrected chi connectivity index (χ3v) is 3.69. The monoisotopic (exact) mass is 291 g/mol. The number of nitrogens with two attached hydrogens (primary N) is 2. The molecule has 0 fully saturated rings. The number of methoxy groups -OCH3 is 1. The lowest BCUT2D eigenvalue weighted by Gasteiger charge is -2.05. The van der Waals surface area contributed by atoms with Crippen LogP contribution in [0.15, 0.2) is 30.3 Å². The van der Waals surface area contributed by atoms with E-state index in [0.717, 1.165) is 10.4 Å². The van der Waals surface area contributed by atoms with Crippen molar-refractivity contribution >= 4 is 28.3 Å². The van der Waals surface area contributed by atoms with Crippen molar-refractivity contribution in [2.45, 2.75) is 0 Å². The second kappa shape index (κ2) is 5.62. The van der Waals surface area contributed by atoms with Crippen LogP contribution in [0.3, 0.4) is 0 Å². The fourth-order valence-electron chi connectivity index (χ4n) is 1.76. The molecule has 1 aromatic heterocycles. The Labute approximate surface area is 119 Å². The van der Waals surface area contributed by atoms with E-state index in [1.807, 2.05) is 18.2 Å². The highest BCUT2D eigenvalue weighted by Crippen LogP contribution is 2.39. The number of ether oxygens (including phenoxy) is 1. The number of rotatable bonds is 4. The average molecular weight is 291 g/mol. The maximum absolute atomic E-state index is 11.4. The minimum absolute atomic E-state index is 0.217. The van der Waals surface area contributed by atoms with Crippen LogP contribution in [-0.4, -0.2) is 19.0 Å². The topological polar surface area (TPSA) is 107 Å². The maximum Gasteiger partial charge on any atom is 0.317 e. The van der Waals surface area contributed by atoms with Gasteiger partial charge in [0.25, 0.3) is 5.91 Å².